The van der Waals surface area contributed by atoms with Crippen LogP contribution in [0.15, 0.2) is 42.6 Å². The van der Waals surface area contributed by atoms with Crippen LogP contribution in [-0.2, 0) is 0 Å². The summed E-state index contributed by atoms with van der Waals surface area (Å²) in [4.78, 5) is 12.2. The van der Waals surface area contributed by atoms with E-state index in [0.717, 1.165) is 0 Å². The van der Waals surface area contributed by atoms with Crippen molar-refractivity contribution in [3.05, 3.63) is 58.2 Å². The van der Waals surface area contributed by atoms with Crippen LogP contribution >= 0.6 is 23.2 Å². The number of carbonyl (C=O) groups is 1. The second kappa shape index (κ2) is 5.11. The zero-order valence-electron chi connectivity index (χ0n) is 10.0. The Hall–Kier alpha value is -2.11. The van der Waals surface area contributed by atoms with Gasteiger partial charge in [0.2, 0.25) is 5.95 Å². The molecule has 0 unspecified atom stereocenters. The summed E-state index contributed by atoms with van der Waals surface area (Å²) in [5.74, 6) is -0.0719. The van der Waals surface area contributed by atoms with Crippen molar-refractivity contribution < 1.29 is 4.79 Å². The van der Waals surface area contributed by atoms with E-state index in [2.05, 4.69) is 15.5 Å². The Balaban J connectivity index is 1.95. The first-order chi connectivity index (χ1) is 9.66. The molecule has 0 spiro atoms. The lowest BCUT2D eigenvalue weighted by Gasteiger charge is -2.06. The molecule has 100 valence electrons. The predicted octanol–water partition coefficient (Wildman–Crippen LogP) is 3.29. The number of pyridine rings is 1. The van der Waals surface area contributed by atoms with Crippen LogP contribution in [0.2, 0.25) is 10.0 Å². The molecule has 0 radical (unpaired) electrons. The summed E-state index contributed by atoms with van der Waals surface area (Å²) in [6, 6.07) is 10.3. The monoisotopic (exact) mass is 306 g/mol. The molecule has 0 saturated carbocycles. The molecule has 1 aromatic carbocycles. The van der Waals surface area contributed by atoms with Gasteiger partial charge in [0.05, 0.1) is 15.6 Å². The SMILES string of the molecule is O=C(Nc1nnc2ccccn12)c1cccc(Cl)c1Cl. The van der Waals surface area contributed by atoms with Crippen LogP contribution < -0.4 is 5.32 Å². The highest BCUT2D eigenvalue weighted by molar-refractivity contribution is 6.44. The number of nitrogens with one attached hydrogen (secondary N) is 1. The molecular formula is C13H8Cl2N4O. The maximum atomic E-state index is 12.2. The van der Waals surface area contributed by atoms with E-state index in [0.29, 0.717) is 16.6 Å². The summed E-state index contributed by atoms with van der Waals surface area (Å²) >= 11 is 11.9. The highest BCUT2D eigenvalue weighted by atomic mass is 35.5. The van der Waals surface area contributed by atoms with Crippen molar-refractivity contribution in [2.24, 2.45) is 0 Å². The van der Waals surface area contributed by atoms with Crippen LogP contribution in [0.3, 0.4) is 0 Å². The van der Waals surface area contributed by atoms with Gasteiger partial charge in [-0.25, -0.2) is 0 Å². The first-order valence-corrected chi connectivity index (χ1v) is 6.47. The molecule has 5 nitrogen and oxygen atoms in total. The molecule has 1 N–H and O–H groups in total. The number of nitrogens with zero attached hydrogens (tertiary/aromatic N) is 3. The summed E-state index contributed by atoms with van der Waals surface area (Å²) in [6.45, 7) is 0. The number of carbonyl (C=O) groups excluding carboxylic acids is 1. The quantitative estimate of drug-likeness (QED) is 0.790. The van der Waals surface area contributed by atoms with Crippen molar-refractivity contribution in [1.29, 1.82) is 0 Å². The van der Waals surface area contributed by atoms with Crippen LogP contribution in [-0.4, -0.2) is 20.5 Å². The fourth-order valence-electron chi connectivity index (χ4n) is 1.77. The molecule has 0 aliphatic rings. The molecule has 0 atom stereocenters. The summed E-state index contributed by atoms with van der Waals surface area (Å²) in [7, 11) is 0. The molecule has 0 aliphatic carbocycles. The number of amides is 1. The van der Waals surface area contributed by atoms with Crippen molar-refractivity contribution in [2.75, 3.05) is 5.32 Å². The Morgan fingerprint density at radius 2 is 1.95 bits per heavy atom. The first-order valence-electron chi connectivity index (χ1n) is 5.72. The number of anilines is 1. The third kappa shape index (κ3) is 2.21. The van der Waals surface area contributed by atoms with E-state index in [1.165, 1.54) is 0 Å². The van der Waals surface area contributed by atoms with E-state index in [4.69, 9.17) is 23.2 Å². The molecular weight excluding hydrogens is 299 g/mol. The Kier molecular flexibility index (Phi) is 3.30. The number of aromatic nitrogens is 3. The molecule has 1 amide bonds. The zero-order valence-corrected chi connectivity index (χ0v) is 11.6. The van der Waals surface area contributed by atoms with Gasteiger partial charge >= 0.3 is 0 Å². The second-order valence-electron chi connectivity index (χ2n) is 4.01. The van der Waals surface area contributed by atoms with Gasteiger partial charge in [0, 0.05) is 6.20 Å². The van der Waals surface area contributed by atoms with Gasteiger partial charge in [0.15, 0.2) is 5.65 Å². The maximum Gasteiger partial charge on any atom is 0.259 e. The van der Waals surface area contributed by atoms with Crippen LogP contribution in [0.1, 0.15) is 10.4 Å². The van der Waals surface area contributed by atoms with Gasteiger partial charge in [0.1, 0.15) is 0 Å². The van der Waals surface area contributed by atoms with Crippen LogP contribution in [0.5, 0.6) is 0 Å². The Morgan fingerprint density at radius 1 is 1.10 bits per heavy atom. The number of hydrogen-bond donors (Lipinski definition) is 1. The second-order valence-corrected chi connectivity index (χ2v) is 4.79. The average molecular weight is 307 g/mol. The van der Waals surface area contributed by atoms with Gasteiger partial charge in [-0.05, 0) is 24.3 Å². The predicted molar refractivity (Wildman–Crippen MR) is 77.4 cm³/mol. The minimum absolute atomic E-state index is 0.209. The van der Waals surface area contributed by atoms with Crippen molar-refractivity contribution >= 4 is 40.7 Å². The van der Waals surface area contributed by atoms with E-state index >= 15 is 0 Å². The molecule has 0 bridgehead atoms. The van der Waals surface area contributed by atoms with E-state index in [1.54, 1.807) is 34.9 Å². The van der Waals surface area contributed by atoms with E-state index in [9.17, 15) is 4.79 Å². The Labute approximate surface area is 124 Å². The lowest BCUT2D eigenvalue weighted by atomic mass is 10.2. The molecule has 3 rings (SSSR count). The number of benzene rings is 1. The topological polar surface area (TPSA) is 59.3 Å². The summed E-state index contributed by atoms with van der Waals surface area (Å²) in [6.07, 6.45) is 1.75. The molecule has 3 aromatic rings. The number of halogens is 2. The summed E-state index contributed by atoms with van der Waals surface area (Å²) in [5.41, 5.74) is 0.923. The molecule has 7 heteroatoms. The van der Waals surface area contributed by atoms with Gasteiger partial charge in [-0.15, -0.1) is 10.2 Å². The number of fused-ring (bicyclic) bond motifs is 1. The summed E-state index contributed by atoms with van der Waals surface area (Å²) < 4.78 is 1.66. The molecule has 0 fully saturated rings. The first kappa shape index (κ1) is 12.9. The minimum atomic E-state index is -0.393. The van der Waals surface area contributed by atoms with E-state index in [1.807, 2.05) is 12.1 Å². The number of hydrogen-bond acceptors (Lipinski definition) is 3. The molecule has 0 aliphatic heterocycles. The standard InChI is InChI=1S/C13H8Cl2N4O/c14-9-5-3-4-8(11(9)15)12(20)16-13-18-17-10-6-1-2-7-19(10)13/h1-7H,(H,16,18,20). The fourth-order valence-corrected chi connectivity index (χ4v) is 2.16. The van der Waals surface area contributed by atoms with Gasteiger partial charge < -0.3 is 0 Å². The lowest BCUT2D eigenvalue weighted by molar-refractivity contribution is 0.102. The zero-order chi connectivity index (χ0) is 14.1. The fraction of sp³-hybridized carbons (Fsp3) is 0. The van der Waals surface area contributed by atoms with Gasteiger partial charge in [-0.3, -0.25) is 14.5 Å². The highest BCUT2D eigenvalue weighted by Gasteiger charge is 2.15. The largest absolute Gasteiger partial charge is 0.290 e. The van der Waals surface area contributed by atoms with E-state index < -0.39 is 5.91 Å². The van der Waals surface area contributed by atoms with Gasteiger partial charge in [0.25, 0.3) is 5.91 Å². The Morgan fingerprint density at radius 3 is 2.80 bits per heavy atom. The van der Waals surface area contributed by atoms with Gasteiger partial charge in [-0.1, -0.05) is 35.3 Å². The van der Waals surface area contributed by atoms with Crippen molar-refractivity contribution in [3.63, 3.8) is 0 Å². The normalized spacial score (nSPS) is 10.7. The Bertz CT molecular complexity index is 800. The third-order valence-electron chi connectivity index (χ3n) is 2.74. The average Bonchev–Trinajstić information content (AvgIpc) is 2.85. The maximum absolute atomic E-state index is 12.2. The van der Waals surface area contributed by atoms with Crippen LogP contribution in [0.25, 0.3) is 5.65 Å². The molecule has 20 heavy (non-hydrogen) atoms. The minimum Gasteiger partial charge on any atom is -0.290 e. The third-order valence-corrected chi connectivity index (χ3v) is 3.55. The highest BCUT2D eigenvalue weighted by Crippen LogP contribution is 2.26. The smallest absolute Gasteiger partial charge is 0.259 e. The van der Waals surface area contributed by atoms with E-state index in [-0.39, 0.29) is 10.6 Å². The molecule has 0 saturated heterocycles. The van der Waals surface area contributed by atoms with Crippen LogP contribution in [0.4, 0.5) is 5.95 Å². The van der Waals surface area contributed by atoms with Crippen LogP contribution in [0, 0.1) is 0 Å². The molecule has 2 heterocycles. The van der Waals surface area contributed by atoms with Gasteiger partial charge in [-0.2, -0.15) is 0 Å². The number of rotatable bonds is 2. The lowest BCUT2D eigenvalue weighted by Crippen LogP contribution is -2.14. The van der Waals surface area contributed by atoms with Crippen molar-refractivity contribution in [1.82, 2.24) is 14.6 Å². The van der Waals surface area contributed by atoms with Crippen molar-refractivity contribution in [2.45, 2.75) is 0 Å². The molecule has 2 aromatic heterocycles. The summed E-state index contributed by atoms with van der Waals surface area (Å²) in [5, 5.41) is 11.1. The van der Waals surface area contributed by atoms with Crippen molar-refractivity contribution in [3.8, 4) is 0 Å².